The molecule has 0 amide bonds. The summed E-state index contributed by atoms with van der Waals surface area (Å²) in [6.07, 6.45) is 3.93. The van der Waals surface area contributed by atoms with Gasteiger partial charge >= 0.3 is 0 Å². The Balaban J connectivity index is 2.44. The van der Waals surface area contributed by atoms with E-state index in [1.807, 2.05) is 0 Å². The van der Waals surface area contributed by atoms with Crippen molar-refractivity contribution in [3.63, 3.8) is 0 Å². The second-order valence-electron chi connectivity index (χ2n) is 6.46. The van der Waals surface area contributed by atoms with E-state index >= 15 is 0 Å². The van der Waals surface area contributed by atoms with Gasteiger partial charge in [-0.3, -0.25) is 0 Å². The van der Waals surface area contributed by atoms with Crippen LogP contribution in [0.25, 0.3) is 0 Å². The van der Waals surface area contributed by atoms with Crippen molar-refractivity contribution < 1.29 is 0 Å². The molecule has 19 heavy (non-hydrogen) atoms. The number of hydrogen-bond acceptors (Lipinski definition) is 1. The van der Waals surface area contributed by atoms with E-state index in [1.165, 1.54) is 36.0 Å². The Bertz CT molecular complexity index is 381. The summed E-state index contributed by atoms with van der Waals surface area (Å²) in [5, 5.41) is 3.72. The minimum Gasteiger partial charge on any atom is -0.308 e. The van der Waals surface area contributed by atoms with Crippen molar-refractivity contribution >= 4 is 0 Å². The van der Waals surface area contributed by atoms with E-state index in [0.717, 1.165) is 5.92 Å². The Hall–Kier alpha value is -0.820. The van der Waals surface area contributed by atoms with Crippen molar-refractivity contribution in [3.05, 3.63) is 34.9 Å². The number of rotatable bonds is 7. The summed E-state index contributed by atoms with van der Waals surface area (Å²) in [5.41, 5.74) is 4.17. The molecular weight excluding hydrogens is 230 g/mol. The van der Waals surface area contributed by atoms with Gasteiger partial charge in [0.1, 0.15) is 0 Å². The largest absolute Gasteiger partial charge is 0.308 e. The molecule has 0 spiro atoms. The lowest BCUT2D eigenvalue weighted by Gasteiger charge is -2.21. The van der Waals surface area contributed by atoms with Crippen molar-refractivity contribution in [1.82, 2.24) is 5.32 Å². The molecule has 1 aromatic rings. The van der Waals surface area contributed by atoms with Crippen molar-refractivity contribution in [1.29, 1.82) is 0 Å². The molecule has 0 aromatic heterocycles. The molecule has 0 aliphatic heterocycles. The van der Waals surface area contributed by atoms with Crippen LogP contribution in [-0.4, -0.2) is 6.04 Å². The topological polar surface area (TPSA) is 12.0 Å². The van der Waals surface area contributed by atoms with Crippen LogP contribution in [-0.2, 0) is 0 Å². The second-order valence-corrected chi connectivity index (χ2v) is 6.46. The van der Waals surface area contributed by atoms with Crippen LogP contribution in [0.15, 0.2) is 18.2 Å². The number of benzene rings is 1. The third-order valence-electron chi connectivity index (χ3n) is 3.98. The molecule has 108 valence electrons. The summed E-state index contributed by atoms with van der Waals surface area (Å²) in [7, 11) is 0. The van der Waals surface area contributed by atoms with Gasteiger partial charge in [-0.05, 0) is 56.7 Å². The molecule has 0 aliphatic rings. The molecule has 2 atom stereocenters. The van der Waals surface area contributed by atoms with Gasteiger partial charge in [-0.15, -0.1) is 0 Å². The van der Waals surface area contributed by atoms with E-state index in [0.29, 0.717) is 12.1 Å². The van der Waals surface area contributed by atoms with E-state index < -0.39 is 0 Å². The smallest absolute Gasteiger partial charge is 0.0294 e. The van der Waals surface area contributed by atoms with Gasteiger partial charge in [-0.2, -0.15) is 0 Å². The maximum Gasteiger partial charge on any atom is 0.0294 e. The fourth-order valence-corrected chi connectivity index (χ4v) is 2.47. The van der Waals surface area contributed by atoms with Gasteiger partial charge in [-0.25, -0.2) is 0 Å². The molecule has 1 N–H and O–H groups in total. The highest BCUT2D eigenvalue weighted by atomic mass is 14.9. The first-order chi connectivity index (χ1) is 8.90. The van der Waals surface area contributed by atoms with Gasteiger partial charge in [0.15, 0.2) is 0 Å². The van der Waals surface area contributed by atoms with Crippen molar-refractivity contribution in [3.8, 4) is 0 Å². The van der Waals surface area contributed by atoms with Gasteiger partial charge in [-0.1, -0.05) is 44.9 Å². The van der Waals surface area contributed by atoms with Crippen LogP contribution in [0.1, 0.15) is 69.7 Å². The lowest BCUT2D eigenvalue weighted by atomic mass is 10.00. The van der Waals surface area contributed by atoms with E-state index in [4.69, 9.17) is 0 Å². The Morgan fingerprint density at radius 2 is 1.63 bits per heavy atom. The van der Waals surface area contributed by atoms with Crippen LogP contribution in [0.2, 0.25) is 0 Å². The van der Waals surface area contributed by atoms with E-state index in [1.54, 1.807) is 0 Å². The molecule has 0 heterocycles. The fraction of sp³-hybridized carbons (Fsp3) is 0.667. The monoisotopic (exact) mass is 261 g/mol. The molecule has 2 unspecified atom stereocenters. The SMILES string of the molecule is Cc1ccc(C(C)NC(C)CCCC(C)C)cc1C. The molecule has 1 heteroatoms. The molecule has 0 saturated heterocycles. The summed E-state index contributed by atoms with van der Waals surface area (Å²) in [6, 6.07) is 7.82. The van der Waals surface area contributed by atoms with Gasteiger partial charge in [0.05, 0.1) is 0 Å². The Kier molecular flexibility index (Phi) is 6.57. The zero-order valence-corrected chi connectivity index (χ0v) is 13.6. The van der Waals surface area contributed by atoms with E-state index in [2.05, 4.69) is 65.1 Å². The van der Waals surface area contributed by atoms with E-state index in [-0.39, 0.29) is 0 Å². The van der Waals surface area contributed by atoms with Crippen LogP contribution in [0.4, 0.5) is 0 Å². The number of hydrogen-bond donors (Lipinski definition) is 1. The van der Waals surface area contributed by atoms with Crippen LogP contribution in [0, 0.1) is 19.8 Å². The molecule has 0 fully saturated rings. The molecule has 0 bridgehead atoms. The number of aryl methyl sites for hydroxylation is 2. The van der Waals surface area contributed by atoms with Crippen LogP contribution in [0.3, 0.4) is 0 Å². The third-order valence-corrected chi connectivity index (χ3v) is 3.98. The van der Waals surface area contributed by atoms with Crippen LogP contribution in [0.5, 0.6) is 0 Å². The van der Waals surface area contributed by atoms with Crippen LogP contribution >= 0.6 is 0 Å². The quantitative estimate of drug-likeness (QED) is 0.714. The van der Waals surface area contributed by atoms with Crippen molar-refractivity contribution in [2.45, 2.75) is 72.9 Å². The molecule has 1 rings (SSSR count). The molecule has 0 radical (unpaired) electrons. The minimum absolute atomic E-state index is 0.438. The van der Waals surface area contributed by atoms with Crippen molar-refractivity contribution in [2.24, 2.45) is 5.92 Å². The Morgan fingerprint density at radius 3 is 2.21 bits per heavy atom. The maximum atomic E-state index is 3.72. The van der Waals surface area contributed by atoms with Crippen LogP contribution < -0.4 is 5.32 Å². The van der Waals surface area contributed by atoms with Gasteiger partial charge in [0, 0.05) is 12.1 Å². The van der Waals surface area contributed by atoms with Gasteiger partial charge in [0.2, 0.25) is 0 Å². The lowest BCUT2D eigenvalue weighted by Crippen LogP contribution is -2.29. The Labute approximate surface area is 119 Å². The Morgan fingerprint density at radius 1 is 0.947 bits per heavy atom. The molecule has 0 aliphatic carbocycles. The minimum atomic E-state index is 0.438. The van der Waals surface area contributed by atoms with Crippen molar-refractivity contribution in [2.75, 3.05) is 0 Å². The molecule has 1 nitrogen and oxygen atoms in total. The lowest BCUT2D eigenvalue weighted by molar-refractivity contribution is 0.423. The summed E-state index contributed by atoms with van der Waals surface area (Å²) < 4.78 is 0. The average Bonchev–Trinajstić information content (AvgIpc) is 2.32. The fourth-order valence-electron chi connectivity index (χ4n) is 2.47. The number of nitrogens with one attached hydrogen (secondary N) is 1. The maximum absolute atomic E-state index is 3.72. The zero-order valence-electron chi connectivity index (χ0n) is 13.6. The average molecular weight is 261 g/mol. The first-order valence-electron chi connectivity index (χ1n) is 7.73. The zero-order chi connectivity index (χ0) is 14.4. The normalized spacial score (nSPS) is 14.7. The summed E-state index contributed by atoms with van der Waals surface area (Å²) in [6.45, 7) is 13.5. The first-order valence-corrected chi connectivity index (χ1v) is 7.73. The molecule has 0 saturated carbocycles. The standard InChI is InChI=1S/C18H31N/c1-13(2)8-7-9-16(5)19-17(6)18-11-10-14(3)15(4)12-18/h10-13,16-17,19H,7-9H2,1-6H3. The third kappa shape index (κ3) is 5.78. The summed E-state index contributed by atoms with van der Waals surface area (Å²) >= 11 is 0. The second kappa shape index (κ2) is 7.69. The van der Waals surface area contributed by atoms with Gasteiger partial charge < -0.3 is 5.32 Å². The highest BCUT2D eigenvalue weighted by Crippen LogP contribution is 2.18. The van der Waals surface area contributed by atoms with Gasteiger partial charge in [0.25, 0.3) is 0 Å². The highest BCUT2D eigenvalue weighted by Gasteiger charge is 2.10. The van der Waals surface area contributed by atoms with E-state index in [9.17, 15) is 0 Å². The first kappa shape index (κ1) is 16.2. The molecular formula is C18H31N. The summed E-state index contributed by atoms with van der Waals surface area (Å²) in [5.74, 6) is 0.823. The predicted octanol–water partition coefficient (Wildman–Crippen LogP) is 5.17. The summed E-state index contributed by atoms with van der Waals surface area (Å²) in [4.78, 5) is 0. The highest BCUT2D eigenvalue weighted by molar-refractivity contribution is 5.31. The molecule has 1 aromatic carbocycles. The predicted molar refractivity (Wildman–Crippen MR) is 85.6 cm³/mol.